The number of hydrogen-bond acceptors (Lipinski definition) is 2. The van der Waals surface area contributed by atoms with Crippen molar-refractivity contribution < 1.29 is 9.90 Å². The van der Waals surface area contributed by atoms with Gasteiger partial charge in [-0.3, -0.25) is 0 Å². The van der Waals surface area contributed by atoms with Gasteiger partial charge in [0, 0.05) is 6.42 Å². The molecule has 1 aliphatic carbocycles. The highest BCUT2D eigenvalue weighted by Gasteiger charge is 2.28. The largest absolute Gasteiger partial charge is 0.393 e. The first-order valence-corrected chi connectivity index (χ1v) is 6.55. The lowest BCUT2D eigenvalue weighted by atomic mass is 9.75. The minimum absolute atomic E-state index is 0.0289. The zero-order valence-electron chi connectivity index (χ0n) is 11.5. The van der Waals surface area contributed by atoms with Gasteiger partial charge in [-0.2, -0.15) is 0 Å². The summed E-state index contributed by atoms with van der Waals surface area (Å²) in [5, 5.41) is 9.71. The van der Waals surface area contributed by atoms with E-state index in [1.54, 1.807) is 6.92 Å². The molecule has 3 unspecified atom stereocenters. The van der Waals surface area contributed by atoms with Crippen molar-refractivity contribution in [3.05, 3.63) is 0 Å². The lowest BCUT2D eigenvalue weighted by Crippen LogP contribution is -2.31. The van der Waals surface area contributed by atoms with E-state index >= 15 is 0 Å². The van der Waals surface area contributed by atoms with Gasteiger partial charge in [0.15, 0.2) is 0 Å². The molecule has 3 atom stereocenters. The monoisotopic (exact) mass is 228 g/mol. The van der Waals surface area contributed by atoms with Crippen molar-refractivity contribution >= 4 is 5.78 Å². The third kappa shape index (κ3) is 6.26. The third-order valence-electron chi connectivity index (χ3n) is 3.49. The zero-order valence-corrected chi connectivity index (χ0v) is 11.5. The topological polar surface area (TPSA) is 37.3 Å². The maximum absolute atomic E-state index is 9.81. The average molecular weight is 228 g/mol. The molecular weight excluding hydrogens is 200 g/mol. The second-order valence-corrected chi connectivity index (χ2v) is 5.45. The Morgan fingerprint density at radius 2 is 1.88 bits per heavy atom. The molecule has 0 aromatic heterocycles. The maximum Gasteiger partial charge on any atom is 0.129 e. The van der Waals surface area contributed by atoms with Crippen molar-refractivity contribution in [2.24, 2.45) is 17.8 Å². The standard InChI is InChI=1S/C10H20O.C4H8O/c1-7(2)9-5-4-8(3)6-10(9)11;1-3-4(2)5/h7-11H,4-6H2,1-3H3;3H2,1-2H3. The minimum Gasteiger partial charge on any atom is -0.393 e. The molecule has 1 saturated carbocycles. The fourth-order valence-electron chi connectivity index (χ4n) is 2.15. The highest BCUT2D eigenvalue weighted by atomic mass is 16.3. The molecule has 16 heavy (non-hydrogen) atoms. The maximum atomic E-state index is 9.81. The summed E-state index contributed by atoms with van der Waals surface area (Å²) in [4.78, 5) is 9.81. The van der Waals surface area contributed by atoms with E-state index < -0.39 is 0 Å². The Labute approximate surface area is 100 Å². The number of aliphatic hydroxyl groups is 1. The summed E-state index contributed by atoms with van der Waals surface area (Å²) >= 11 is 0. The molecule has 0 aliphatic heterocycles. The van der Waals surface area contributed by atoms with Gasteiger partial charge in [0.1, 0.15) is 5.78 Å². The first kappa shape index (κ1) is 15.6. The highest BCUT2D eigenvalue weighted by molar-refractivity contribution is 5.74. The molecule has 0 bridgehead atoms. The van der Waals surface area contributed by atoms with Crippen LogP contribution < -0.4 is 0 Å². The van der Waals surface area contributed by atoms with Gasteiger partial charge < -0.3 is 9.90 Å². The van der Waals surface area contributed by atoms with E-state index in [0.29, 0.717) is 18.3 Å². The van der Waals surface area contributed by atoms with Gasteiger partial charge in [-0.05, 0) is 37.5 Å². The summed E-state index contributed by atoms with van der Waals surface area (Å²) < 4.78 is 0. The molecule has 1 rings (SSSR count). The van der Waals surface area contributed by atoms with Gasteiger partial charge in [-0.25, -0.2) is 0 Å². The van der Waals surface area contributed by atoms with Gasteiger partial charge in [0.25, 0.3) is 0 Å². The molecule has 0 aromatic carbocycles. The molecule has 0 aromatic rings. The van der Waals surface area contributed by atoms with Crippen molar-refractivity contribution in [3.8, 4) is 0 Å². The third-order valence-corrected chi connectivity index (χ3v) is 3.49. The molecule has 0 amide bonds. The predicted octanol–water partition coefficient (Wildman–Crippen LogP) is 3.42. The fraction of sp³-hybridized carbons (Fsp3) is 0.929. The summed E-state index contributed by atoms with van der Waals surface area (Å²) in [6.07, 6.45) is 4.18. The van der Waals surface area contributed by atoms with Crippen molar-refractivity contribution in [2.45, 2.75) is 66.4 Å². The molecular formula is C14H28O2. The molecule has 0 spiro atoms. The number of rotatable bonds is 2. The van der Waals surface area contributed by atoms with Crippen LogP contribution in [0.25, 0.3) is 0 Å². The van der Waals surface area contributed by atoms with E-state index in [0.717, 1.165) is 12.3 Å². The van der Waals surface area contributed by atoms with Gasteiger partial charge in [-0.1, -0.05) is 34.1 Å². The van der Waals surface area contributed by atoms with Crippen LogP contribution in [-0.2, 0) is 4.79 Å². The summed E-state index contributed by atoms with van der Waals surface area (Å²) in [5.74, 6) is 2.20. The Hall–Kier alpha value is -0.370. The fourth-order valence-corrected chi connectivity index (χ4v) is 2.15. The molecule has 0 radical (unpaired) electrons. The lowest BCUT2D eigenvalue weighted by molar-refractivity contribution is -0.116. The van der Waals surface area contributed by atoms with Crippen LogP contribution in [0.2, 0.25) is 0 Å². The summed E-state index contributed by atoms with van der Waals surface area (Å²) in [5.41, 5.74) is 0. The molecule has 2 heteroatoms. The minimum atomic E-state index is -0.0289. The van der Waals surface area contributed by atoms with Crippen molar-refractivity contribution in [2.75, 3.05) is 0 Å². The second kappa shape index (κ2) is 7.83. The predicted molar refractivity (Wildman–Crippen MR) is 68.3 cm³/mol. The summed E-state index contributed by atoms with van der Waals surface area (Å²) in [7, 11) is 0. The Bertz CT molecular complexity index is 199. The number of aliphatic hydroxyl groups excluding tert-OH is 1. The number of carbonyl (C=O) groups excluding carboxylic acids is 1. The Morgan fingerprint density at radius 3 is 2.19 bits per heavy atom. The van der Waals surface area contributed by atoms with Gasteiger partial charge in [-0.15, -0.1) is 0 Å². The van der Waals surface area contributed by atoms with Crippen LogP contribution in [0.5, 0.6) is 0 Å². The van der Waals surface area contributed by atoms with Crippen LogP contribution >= 0.6 is 0 Å². The summed E-state index contributed by atoms with van der Waals surface area (Å²) in [6, 6.07) is 0. The normalized spacial score (nSPS) is 29.6. The molecule has 1 N–H and O–H groups in total. The molecule has 0 saturated heterocycles. The van der Waals surface area contributed by atoms with Gasteiger partial charge >= 0.3 is 0 Å². The van der Waals surface area contributed by atoms with E-state index in [9.17, 15) is 9.90 Å². The number of ketones is 1. The van der Waals surface area contributed by atoms with E-state index in [-0.39, 0.29) is 11.9 Å². The molecule has 96 valence electrons. The first-order valence-electron chi connectivity index (χ1n) is 6.55. The van der Waals surface area contributed by atoms with Crippen molar-refractivity contribution in [1.82, 2.24) is 0 Å². The number of hydrogen-bond donors (Lipinski definition) is 1. The van der Waals surface area contributed by atoms with E-state index in [1.807, 2.05) is 6.92 Å². The van der Waals surface area contributed by atoms with Crippen LogP contribution in [0.3, 0.4) is 0 Å². The first-order chi connectivity index (χ1) is 7.38. The smallest absolute Gasteiger partial charge is 0.129 e. The highest BCUT2D eigenvalue weighted by Crippen LogP contribution is 2.33. The van der Waals surface area contributed by atoms with E-state index in [1.165, 1.54) is 12.8 Å². The number of carbonyl (C=O) groups is 1. The van der Waals surface area contributed by atoms with Crippen LogP contribution in [0.1, 0.15) is 60.3 Å². The second-order valence-electron chi connectivity index (χ2n) is 5.45. The van der Waals surface area contributed by atoms with E-state index in [2.05, 4.69) is 20.8 Å². The molecule has 0 heterocycles. The average Bonchev–Trinajstić information content (AvgIpc) is 2.17. The van der Waals surface area contributed by atoms with Crippen LogP contribution in [0.15, 0.2) is 0 Å². The van der Waals surface area contributed by atoms with Crippen molar-refractivity contribution in [3.63, 3.8) is 0 Å². The molecule has 1 aliphatic rings. The zero-order chi connectivity index (χ0) is 12.7. The Morgan fingerprint density at radius 1 is 1.38 bits per heavy atom. The molecule has 1 fully saturated rings. The Balaban J connectivity index is 0.000000385. The van der Waals surface area contributed by atoms with E-state index in [4.69, 9.17) is 0 Å². The SMILES string of the molecule is CC1CCC(C(C)C)C(O)C1.CCC(C)=O. The van der Waals surface area contributed by atoms with Crippen molar-refractivity contribution in [1.29, 1.82) is 0 Å². The molecule has 2 nitrogen and oxygen atoms in total. The van der Waals surface area contributed by atoms with Gasteiger partial charge in [0.2, 0.25) is 0 Å². The quantitative estimate of drug-likeness (QED) is 0.786. The van der Waals surface area contributed by atoms with Crippen LogP contribution in [-0.4, -0.2) is 17.0 Å². The summed E-state index contributed by atoms with van der Waals surface area (Å²) in [6.45, 7) is 10.1. The lowest BCUT2D eigenvalue weighted by Gasteiger charge is -2.33. The van der Waals surface area contributed by atoms with Crippen LogP contribution in [0, 0.1) is 17.8 Å². The van der Waals surface area contributed by atoms with Crippen LogP contribution in [0.4, 0.5) is 0 Å². The Kier molecular flexibility index (Phi) is 7.65. The number of Topliss-reactive ketones (excluding diaryl/α,β-unsaturated/α-hetero) is 1. The van der Waals surface area contributed by atoms with Gasteiger partial charge in [0.05, 0.1) is 6.10 Å².